The van der Waals surface area contributed by atoms with Gasteiger partial charge < -0.3 is 19.8 Å². The van der Waals surface area contributed by atoms with E-state index in [1.165, 1.54) is 0 Å². The Morgan fingerprint density at radius 2 is 1.49 bits per heavy atom. The average molecular weight is 768 g/mol. The third kappa shape index (κ3) is 10.6. The van der Waals surface area contributed by atoms with Crippen LogP contribution in [0.15, 0.2) is 96.2 Å². The van der Waals surface area contributed by atoms with E-state index in [4.69, 9.17) is 9.98 Å². The van der Waals surface area contributed by atoms with E-state index in [2.05, 4.69) is 89.6 Å². The second-order valence-electron chi connectivity index (χ2n) is 15.0. The lowest BCUT2D eigenvalue weighted by atomic mass is 10.0. The summed E-state index contributed by atoms with van der Waals surface area (Å²) in [6.07, 6.45) is 8.76. The van der Waals surface area contributed by atoms with Gasteiger partial charge in [0.2, 0.25) is 11.8 Å². The van der Waals surface area contributed by atoms with E-state index in [0.29, 0.717) is 37.8 Å². The summed E-state index contributed by atoms with van der Waals surface area (Å²) in [6, 6.07) is 25.3. The van der Waals surface area contributed by atoms with E-state index >= 15 is 0 Å². The molecule has 57 heavy (non-hydrogen) atoms. The number of aromatic nitrogens is 4. The molecule has 0 saturated carbocycles. The Labute approximate surface area is 337 Å². The largest absolute Gasteiger partial charge is 0.341 e. The minimum atomic E-state index is -0.655. The first-order valence-electron chi connectivity index (χ1n) is 20.3. The minimum absolute atomic E-state index is 0.0702. The number of nitrogens with zero attached hydrogens (tertiary/aromatic N) is 6. The van der Waals surface area contributed by atoms with Crippen molar-refractivity contribution >= 4 is 17.6 Å². The summed E-state index contributed by atoms with van der Waals surface area (Å²) < 4.78 is 0. The molecular weight excluding hydrogens is 711 g/mol. The van der Waals surface area contributed by atoms with Crippen molar-refractivity contribution in [3.05, 3.63) is 108 Å². The number of benzene rings is 3. The molecule has 11 nitrogen and oxygen atoms in total. The van der Waals surface area contributed by atoms with Crippen molar-refractivity contribution in [2.45, 2.75) is 92.8 Å². The number of hydrogen-bond donors (Lipinski definition) is 3. The zero-order chi connectivity index (χ0) is 40.9. The second-order valence-corrected chi connectivity index (χ2v) is 15.0. The van der Waals surface area contributed by atoms with Gasteiger partial charge in [0.05, 0.1) is 36.4 Å². The number of rotatable bonds is 14. The van der Waals surface area contributed by atoms with Crippen molar-refractivity contribution in [1.82, 2.24) is 35.1 Å². The Bertz CT molecular complexity index is 2110. The molecule has 3 heterocycles. The number of nitriles is 1. The van der Waals surface area contributed by atoms with Crippen LogP contribution in [0.1, 0.15) is 97.4 Å². The number of imidazole rings is 2. The standard InChI is InChI=1S/C44H51N9O2.C2H6/c1-6-22-52(40(54)24-29(2)3)27-39-46-25-36(49-39)33-18-14-31(15-19-33)32-16-20-34(21-17-32)37-26-47-43(50-37)38-13-10-23-53(38)44(55)41(30(4)5)51-42(48-28-45)35-11-8-7-9-12-35;1-2/h7-9,11-12,14-21,25-26,29-30,38,41H,6,10,13,22-24,27H2,1-5H3,(H,46,49)(H,47,50)(H,48,51);1-2H3. The van der Waals surface area contributed by atoms with Crippen molar-refractivity contribution in [3.8, 4) is 39.8 Å². The van der Waals surface area contributed by atoms with E-state index in [1.807, 2.05) is 86.4 Å². The number of carbonyl (C=O) groups is 2. The molecule has 5 aromatic rings. The highest BCUT2D eigenvalue weighted by molar-refractivity contribution is 6.01. The van der Waals surface area contributed by atoms with Gasteiger partial charge in [-0.2, -0.15) is 5.26 Å². The Hall–Kier alpha value is -6.02. The number of hydrogen-bond acceptors (Lipinski definition) is 6. The molecule has 2 atom stereocenters. The van der Waals surface area contributed by atoms with Gasteiger partial charge in [-0.3, -0.25) is 19.9 Å². The smallest absolute Gasteiger partial charge is 0.248 e. The fraction of sp³-hybridized carbons (Fsp3) is 0.391. The summed E-state index contributed by atoms with van der Waals surface area (Å²) in [4.78, 5) is 51.6. The van der Waals surface area contributed by atoms with Gasteiger partial charge in [-0.15, -0.1) is 0 Å². The first-order chi connectivity index (χ1) is 27.6. The van der Waals surface area contributed by atoms with Crippen LogP contribution >= 0.6 is 0 Å². The Kier molecular flexibility index (Phi) is 15.0. The number of amidine groups is 1. The maximum absolute atomic E-state index is 14.1. The van der Waals surface area contributed by atoms with Gasteiger partial charge in [0.25, 0.3) is 0 Å². The lowest BCUT2D eigenvalue weighted by Gasteiger charge is -2.28. The van der Waals surface area contributed by atoms with E-state index in [-0.39, 0.29) is 23.8 Å². The van der Waals surface area contributed by atoms with Crippen LogP contribution in [0.4, 0.5) is 0 Å². The van der Waals surface area contributed by atoms with E-state index in [1.54, 1.807) is 0 Å². The Balaban J connectivity index is 0.00000305. The van der Waals surface area contributed by atoms with Gasteiger partial charge in [-0.1, -0.05) is 127 Å². The molecule has 0 radical (unpaired) electrons. The van der Waals surface area contributed by atoms with Crippen LogP contribution < -0.4 is 5.32 Å². The molecule has 2 amide bonds. The summed E-state index contributed by atoms with van der Waals surface area (Å²) >= 11 is 0. The van der Waals surface area contributed by atoms with Crippen LogP contribution in [0.5, 0.6) is 0 Å². The summed E-state index contributed by atoms with van der Waals surface area (Å²) in [5.74, 6) is 2.26. The normalized spacial score (nSPS) is 14.6. The topological polar surface area (TPSA) is 146 Å². The van der Waals surface area contributed by atoms with Crippen LogP contribution in [0, 0.1) is 23.3 Å². The summed E-state index contributed by atoms with van der Waals surface area (Å²) in [5, 5.41) is 12.1. The number of likely N-dealkylation sites (tertiary alicyclic amines) is 1. The maximum Gasteiger partial charge on any atom is 0.248 e. The van der Waals surface area contributed by atoms with Gasteiger partial charge in [0.1, 0.15) is 23.5 Å². The van der Waals surface area contributed by atoms with Crippen molar-refractivity contribution in [2.24, 2.45) is 16.8 Å². The van der Waals surface area contributed by atoms with Gasteiger partial charge in [-0.25, -0.2) is 9.97 Å². The Morgan fingerprint density at radius 3 is 2.07 bits per heavy atom. The zero-order valence-corrected chi connectivity index (χ0v) is 34.4. The summed E-state index contributed by atoms with van der Waals surface area (Å²) in [6.45, 7) is 16.0. The molecule has 0 bridgehead atoms. The zero-order valence-electron chi connectivity index (χ0n) is 34.4. The van der Waals surface area contributed by atoms with E-state index in [9.17, 15) is 14.9 Å². The molecule has 1 aliphatic rings. The quantitative estimate of drug-likeness (QED) is 0.0445. The molecule has 11 heteroatoms. The molecule has 0 spiro atoms. The van der Waals surface area contributed by atoms with Crippen molar-refractivity contribution < 1.29 is 9.59 Å². The lowest BCUT2D eigenvalue weighted by Crippen LogP contribution is -2.41. The minimum Gasteiger partial charge on any atom is -0.341 e. The van der Waals surface area contributed by atoms with Crippen LogP contribution in [-0.4, -0.2) is 66.5 Å². The molecule has 6 rings (SSSR count). The van der Waals surface area contributed by atoms with Gasteiger partial charge in [-0.05, 0) is 53.4 Å². The van der Waals surface area contributed by atoms with Gasteiger partial charge >= 0.3 is 0 Å². The van der Waals surface area contributed by atoms with E-state index in [0.717, 1.165) is 70.1 Å². The first kappa shape index (κ1) is 42.1. The van der Waals surface area contributed by atoms with Crippen molar-refractivity contribution in [3.63, 3.8) is 0 Å². The third-order valence-corrected chi connectivity index (χ3v) is 9.94. The maximum atomic E-state index is 14.1. The van der Waals surface area contributed by atoms with E-state index < -0.39 is 6.04 Å². The number of aromatic amines is 2. The van der Waals surface area contributed by atoms with Crippen LogP contribution in [-0.2, 0) is 16.1 Å². The van der Waals surface area contributed by atoms with Crippen molar-refractivity contribution in [1.29, 1.82) is 5.26 Å². The molecule has 2 aromatic heterocycles. The number of aliphatic imine (C=N–C) groups is 1. The second kappa shape index (κ2) is 20.2. The molecule has 3 N–H and O–H groups in total. The fourth-order valence-electron chi connectivity index (χ4n) is 7.09. The molecule has 1 saturated heterocycles. The highest BCUT2D eigenvalue weighted by atomic mass is 16.2. The molecule has 1 aliphatic heterocycles. The third-order valence-electron chi connectivity index (χ3n) is 9.94. The lowest BCUT2D eigenvalue weighted by molar-refractivity contribution is -0.134. The molecule has 1 fully saturated rings. The number of H-pyrrole nitrogens is 2. The predicted octanol–water partition coefficient (Wildman–Crippen LogP) is 9.15. The number of amides is 2. The highest BCUT2D eigenvalue weighted by Crippen LogP contribution is 2.34. The summed E-state index contributed by atoms with van der Waals surface area (Å²) in [7, 11) is 0. The SMILES string of the molecule is CC.CCCN(Cc1ncc(-c2ccc(-c3ccc(-c4cnc(C5CCCN5C(=O)C(N=C(NC#N)c5ccccc5)C(C)C)[nH]4)cc3)cc2)[nH]1)C(=O)CC(C)C. The molecule has 298 valence electrons. The highest BCUT2D eigenvalue weighted by Gasteiger charge is 2.37. The number of carbonyl (C=O) groups excluding carboxylic acids is 2. The molecule has 3 aromatic carbocycles. The van der Waals surface area contributed by atoms with Crippen LogP contribution in [0.3, 0.4) is 0 Å². The fourth-order valence-corrected chi connectivity index (χ4v) is 7.09. The molecule has 0 aliphatic carbocycles. The monoisotopic (exact) mass is 767 g/mol. The van der Waals surface area contributed by atoms with Crippen LogP contribution in [0.25, 0.3) is 33.6 Å². The Morgan fingerprint density at radius 1 is 0.895 bits per heavy atom. The summed E-state index contributed by atoms with van der Waals surface area (Å²) in [5.41, 5.74) is 6.78. The van der Waals surface area contributed by atoms with Crippen LogP contribution in [0.2, 0.25) is 0 Å². The first-order valence-corrected chi connectivity index (χ1v) is 20.3. The molecular formula is C46H57N9O2. The molecule has 2 unspecified atom stereocenters. The average Bonchev–Trinajstić information content (AvgIpc) is 4.02. The predicted molar refractivity (Wildman–Crippen MR) is 228 cm³/mol. The number of nitrogens with one attached hydrogen (secondary N) is 3. The van der Waals surface area contributed by atoms with Gasteiger partial charge in [0, 0.05) is 25.1 Å². The van der Waals surface area contributed by atoms with Crippen molar-refractivity contribution in [2.75, 3.05) is 13.1 Å². The van der Waals surface area contributed by atoms with Gasteiger partial charge in [0.15, 0.2) is 6.19 Å².